The Labute approximate surface area is 161 Å². The number of nitrogens with one attached hydrogen (secondary N) is 2. The van der Waals surface area contributed by atoms with Crippen molar-refractivity contribution in [2.24, 2.45) is 4.99 Å². The molecule has 1 aliphatic carbocycles. The van der Waals surface area contributed by atoms with Crippen LogP contribution in [0.3, 0.4) is 0 Å². The van der Waals surface area contributed by atoms with Gasteiger partial charge in [0.05, 0.1) is 23.3 Å². The van der Waals surface area contributed by atoms with E-state index in [0.29, 0.717) is 18.0 Å². The van der Waals surface area contributed by atoms with Crippen LogP contribution in [0.4, 0.5) is 5.13 Å². The average Bonchev–Trinajstić information content (AvgIpc) is 3.40. The summed E-state index contributed by atoms with van der Waals surface area (Å²) in [5, 5.41) is 9.60. The fourth-order valence-corrected chi connectivity index (χ4v) is 4.24. The van der Waals surface area contributed by atoms with Crippen molar-refractivity contribution in [2.75, 3.05) is 5.32 Å². The topological polar surface area (TPSA) is 71.4 Å². The first-order chi connectivity index (χ1) is 13.3. The third-order valence-electron chi connectivity index (χ3n) is 4.83. The highest BCUT2D eigenvalue weighted by atomic mass is 32.1. The average molecular weight is 377 g/mol. The predicted molar refractivity (Wildman–Crippen MR) is 107 cm³/mol. The van der Waals surface area contributed by atoms with Gasteiger partial charge in [-0.05, 0) is 43.5 Å². The molecule has 5 rings (SSSR count). The summed E-state index contributed by atoms with van der Waals surface area (Å²) in [5.74, 6) is 2.13. The lowest BCUT2D eigenvalue weighted by atomic mass is 10.2. The maximum Gasteiger partial charge on any atom is 0.228 e. The van der Waals surface area contributed by atoms with Crippen molar-refractivity contribution in [3.8, 4) is 22.9 Å². The highest BCUT2D eigenvalue weighted by molar-refractivity contribution is 7.14. The quantitative estimate of drug-likeness (QED) is 0.710. The van der Waals surface area contributed by atoms with Gasteiger partial charge in [0.1, 0.15) is 5.75 Å². The van der Waals surface area contributed by atoms with Crippen molar-refractivity contribution >= 4 is 22.4 Å². The number of pyridine rings is 1. The predicted octanol–water partition coefficient (Wildman–Crippen LogP) is 4.29. The van der Waals surface area contributed by atoms with Crippen LogP contribution in [0, 0.1) is 0 Å². The maximum absolute atomic E-state index is 5.95. The lowest BCUT2D eigenvalue weighted by Gasteiger charge is -2.09. The minimum atomic E-state index is 0.413. The molecule has 3 aromatic rings. The number of para-hydroxylation sites is 1. The van der Waals surface area contributed by atoms with Gasteiger partial charge in [0.25, 0.3) is 0 Å². The summed E-state index contributed by atoms with van der Waals surface area (Å²) >= 11 is 1.55. The number of fused-ring (bicyclic) bond motifs is 1. The van der Waals surface area contributed by atoms with Crippen molar-refractivity contribution < 1.29 is 4.74 Å². The number of ether oxygens (including phenoxy) is 1. The molecule has 2 atom stereocenters. The lowest BCUT2D eigenvalue weighted by Crippen LogP contribution is -2.34. The van der Waals surface area contributed by atoms with Crippen molar-refractivity contribution in [1.82, 2.24) is 15.3 Å². The number of guanidine groups is 1. The molecule has 0 amide bonds. The molecule has 0 saturated heterocycles. The highest BCUT2D eigenvalue weighted by Gasteiger charge is 2.33. The molecule has 7 heteroatoms. The number of anilines is 1. The van der Waals surface area contributed by atoms with Gasteiger partial charge in [-0.3, -0.25) is 0 Å². The summed E-state index contributed by atoms with van der Waals surface area (Å²) in [5.41, 5.74) is 1.70. The largest absolute Gasteiger partial charge is 0.438 e. The zero-order chi connectivity index (χ0) is 18.1. The minimum Gasteiger partial charge on any atom is -0.438 e. The number of benzene rings is 1. The highest BCUT2D eigenvalue weighted by Crippen LogP contribution is 2.33. The van der Waals surface area contributed by atoms with Crippen LogP contribution in [0.2, 0.25) is 0 Å². The van der Waals surface area contributed by atoms with E-state index in [1.54, 1.807) is 17.5 Å². The monoisotopic (exact) mass is 377 g/mol. The Hall–Kier alpha value is -2.93. The molecule has 136 valence electrons. The molecule has 2 aliphatic rings. The van der Waals surface area contributed by atoms with Crippen molar-refractivity contribution in [1.29, 1.82) is 0 Å². The zero-order valence-electron chi connectivity index (χ0n) is 14.6. The van der Waals surface area contributed by atoms with E-state index in [2.05, 4.69) is 15.6 Å². The third-order valence-corrected chi connectivity index (χ3v) is 5.59. The Balaban J connectivity index is 1.35. The van der Waals surface area contributed by atoms with Gasteiger partial charge in [0, 0.05) is 11.6 Å². The van der Waals surface area contributed by atoms with Gasteiger partial charge in [-0.25, -0.2) is 15.0 Å². The van der Waals surface area contributed by atoms with Gasteiger partial charge in [-0.15, -0.1) is 11.3 Å². The van der Waals surface area contributed by atoms with Crippen molar-refractivity contribution in [2.45, 2.75) is 31.3 Å². The first-order valence-corrected chi connectivity index (χ1v) is 9.98. The van der Waals surface area contributed by atoms with Crippen LogP contribution in [0.1, 0.15) is 19.3 Å². The smallest absolute Gasteiger partial charge is 0.228 e. The van der Waals surface area contributed by atoms with Gasteiger partial charge >= 0.3 is 0 Å². The first kappa shape index (κ1) is 16.3. The van der Waals surface area contributed by atoms with Gasteiger partial charge in [0.2, 0.25) is 5.88 Å². The van der Waals surface area contributed by atoms with E-state index in [1.807, 2.05) is 47.8 Å². The molecular formula is C20H19N5OS. The molecule has 0 spiro atoms. The molecule has 6 nitrogen and oxygen atoms in total. The number of nitrogens with zero attached hydrogens (tertiary/aromatic N) is 3. The van der Waals surface area contributed by atoms with E-state index in [0.717, 1.165) is 28.1 Å². The van der Waals surface area contributed by atoms with Crippen LogP contribution >= 0.6 is 11.3 Å². The Morgan fingerprint density at radius 1 is 1.11 bits per heavy atom. The van der Waals surface area contributed by atoms with Crippen LogP contribution < -0.4 is 15.4 Å². The Morgan fingerprint density at radius 2 is 2.04 bits per heavy atom. The molecule has 2 aromatic heterocycles. The molecule has 1 aliphatic heterocycles. The number of rotatable bonds is 4. The second-order valence-electron chi connectivity index (χ2n) is 6.66. The number of thiazole rings is 1. The second kappa shape index (κ2) is 7.00. The molecule has 1 fully saturated rings. The lowest BCUT2D eigenvalue weighted by molar-refractivity contribution is 0.465. The molecule has 0 radical (unpaired) electrons. The molecule has 3 heterocycles. The molecule has 1 aromatic carbocycles. The standard InChI is InChI=1S/C20H19N5OS/c1-2-6-13(7-3-1)26-18-14(8-5-11-21-18)17-12-27-20(24-17)25-19-22-15-9-4-10-16(15)23-19/h1-3,5-8,11-12,15-16H,4,9-10H2,(H2,22,23,24,25). The SMILES string of the molecule is c1ccc(Oc2ncccc2-c2csc(NC3=NC4CCCC4N3)n2)cc1. The summed E-state index contributed by atoms with van der Waals surface area (Å²) in [6.45, 7) is 0. The molecule has 0 bridgehead atoms. The molecular weight excluding hydrogens is 358 g/mol. The minimum absolute atomic E-state index is 0.413. The Bertz CT molecular complexity index is 971. The van der Waals surface area contributed by atoms with E-state index in [4.69, 9.17) is 14.7 Å². The molecule has 2 unspecified atom stereocenters. The van der Waals surface area contributed by atoms with Crippen LogP contribution in [-0.4, -0.2) is 28.0 Å². The Morgan fingerprint density at radius 3 is 2.93 bits per heavy atom. The summed E-state index contributed by atoms with van der Waals surface area (Å²) in [7, 11) is 0. The van der Waals surface area contributed by atoms with E-state index >= 15 is 0 Å². The normalized spacial score (nSPS) is 20.7. The fraction of sp³-hybridized carbons (Fsp3) is 0.250. The number of aromatic nitrogens is 2. The van der Waals surface area contributed by atoms with Crippen LogP contribution in [0.15, 0.2) is 59.0 Å². The van der Waals surface area contributed by atoms with Crippen molar-refractivity contribution in [3.05, 3.63) is 54.0 Å². The Kier molecular flexibility index (Phi) is 4.21. The van der Waals surface area contributed by atoms with Crippen molar-refractivity contribution in [3.63, 3.8) is 0 Å². The molecule has 27 heavy (non-hydrogen) atoms. The summed E-state index contributed by atoms with van der Waals surface area (Å²) < 4.78 is 5.95. The number of aliphatic imine (C=N–C) groups is 1. The second-order valence-corrected chi connectivity index (χ2v) is 7.52. The van der Waals surface area contributed by atoms with E-state index in [9.17, 15) is 0 Å². The maximum atomic E-state index is 5.95. The third kappa shape index (κ3) is 3.38. The summed E-state index contributed by atoms with van der Waals surface area (Å²) in [6, 6.07) is 14.4. The van der Waals surface area contributed by atoms with Crippen LogP contribution in [0.5, 0.6) is 11.6 Å². The van der Waals surface area contributed by atoms with Gasteiger partial charge in [-0.1, -0.05) is 18.2 Å². The molecule has 1 saturated carbocycles. The molecule has 2 N–H and O–H groups in total. The zero-order valence-corrected chi connectivity index (χ0v) is 15.4. The van der Waals surface area contributed by atoms with Gasteiger partial charge in [-0.2, -0.15) is 0 Å². The van der Waals surface area contributed by atoms with Crippen LogP contribution in [0.25, 0.3) is 11.3 Å². The van der Waals surface area contributed by atoms with Crippen LogP contribution in [-0.2, 0) is 0 Å². The first-order valence-electron chi connectivity index (χ1n) is 9.10. The van der Waals surface area contributed by atoms with Gasteiger partial charge < -0.3 is 15.4 Å². The van der Waals surface area contributed by atoms with E-state index in [-0.39, 0.29) is 0 Å². The number of hydrogen-bond acceptors (Lipinski definition) is 7. The van der Waals surface area contributed by atoms with E-state index in [1.165, 1.54) is 19.3 Å². The van der Waals surface area contributed by atoms with Gasteiger partial charge in [0.15, 0.2) is 11.1 Å². The summed E-state index contributed by atoms with van der Waals surface area (Å²) in [6.07, 6.45) is 5.34. The van der Waals surface area contributed by atoms with E-state index < -0.39 is 0 Å². The summed E-state index contributed by atoms with van der Waals surface area (Å²) in [4.78, 5) is 13.8. The number of hydrogen-bond donors (Lipinski definition) is 2. The fourth-order valence-electron chi connectivity index (χ4n) is 3.53.